The molecule has 0 saturated heterocycles. The fourth-order valence-electron chi connectivity index (χ4n) is 2.43. The van der Waals surface area contributed by atoms with Gasteiger partial charge in [-0.05, 0) is 48.2 Å². The maximum atomic E-state index is 12.4. The molecule has 2 aromatic carbocycles. The van der Waals surface area contributed by atoms with Gasteiger partial charge in [-0.15, -0.1) is 22.0 Å². The van der Waals surface area contributed by atoms with Crippen molar-refractivity contribution in [2.75, 3.05) is 12.3 Å². The number of rotatable bonds is 9. The van der Waals surface area contributed by atoms with Crippen LogP contribution in [0.4, 0.5) is 5.69 Å². The highest BCUT2D eigenvalue weighted by Gasteiger charge is 2.20. The number of hydrogen-bond acceptors (Lipinski definition) is 7. The summed E-state index contributed by atoms with van der Waals surface area (Å²) in [5.74, 6) is 0.547. The predicted molar refractivity (Wildman–Crippen MR) is 112 cm³/mol. The fourth-order valence-corrected chi connectivity index (χ4v) is 4.16. The number of amides is 1. The number of nitrogens with zero attached hydrogens (tertiary/aromatic N) is 4. The fraction of sp³-hybridized carbons (Fsp3) is 0.211. The minimum atomic E-state index is -0.494. The maximum Gasteiger partial charge on any atom is 0.284 e. The van der Waals surface area contributed by atoms with E-state index in [0.717, 1.165) is 23.9 Å². The van der Waals surface area contributed by atoms with E-state index >= 15 is 0 Å². The maximum absolute atomic E-state index is 12.4. The van der Waals surface area contributed by atoms with E-state index in [0.29, 0.717) is 16.6 Å². The summed E-state index contributed by atoms with van der Waals surface area (Å²) in [6.07, 6.45) is 2.32. The Morgan fingerprint density at radius 2 is 2.03 bits per heavy atom. The van der Waals surface area contributed by atoms with Crippen molar-refractivity contribution < 1.29 is 9.72 Å². The van der Waals surface area contributed by atoms with Crippen LogP contribution in [0.1, 0.15) is 16.8 Å². The van der Waals surface area contributed by atoms with Gasteiger partial charge in [-0.2, -0.15) is 0 Å². The van der Waals surface area contributed by atoms with Gasteiger partial charge in [0.15, 0.2) is 5.16 Å². The van der Waals surface area contributed by atoms with Gasteiger partial charge in [-0.25, -0.2) is 0 Å². The Bertz CT molecular complexity index is 995. The number of thioether (sulfide) groups is 1. The van der Waals surface area contributed by atoms with Crippen LogP contribution in [0.25, 0.3) is 0 Å². The second-order valence-corrected chi connectivity index (χ2v) is 8.21. The number of benzene rings is 2. The van der Waals surface area contributed by atoms with Gasteiger partial charge >= 0.3 is 0 Å². The molecule has 0 aliphatic rings. The molecule has 1 N–H and O–H groups in total. The van der Waals surface area contributed by atoms with Crippen LogP contribution in [0.15, 0.2) is 69.8 Å². The Morgan fingerprint density at radius 3 is 2.72 bits per heavy atom. The number of nitrogens with one attached hydrogen (secondary N) is 1. The number of aromatic nitrogens is 3. The van der Waals surface area contributed by atoms with Gasteiger partial charge < -0.3 is 9.88 Å². The Labute approximate surface area is 176 Å². The molecule has 0 atom stereocenters. The van der Waals surface area contributed by atoms with Crippen LogP contribution in [0.3, 0.4) is 0 Å². The zero-order valence-electron chi connectivity index (χ0n) is 15.6. The SMILES string of the molecule is Cn1cnnc1Sc1ccc(C(=O)NCCCSc2ccccc2)cc1[N+](=O)[O-]. The average molecular weight is 430 g/mol. The van der Waals surface area contributed by atoms with E-state index in [-0.39, 0.29) is 17.2 Å². The average Bonchev–Trinajstić information content (AvgIpc) is 3.13. The molecule has 0 fully saturated rings. The first-order valence-corrected chi connectivity index (χ1v) is 10.6. The molecule has 10 heteroatoms. The molecule has 1 heterocycles. The van der Waals surface area contributed by atoms with Crippen molar-refractivity contribution in [3.63, 3.8) is 0 Å². The van der Waals surface area contributed by atoms with Gasteiger partial charge in [0, 0.05) is 30.1 Å². The summed E-state index contributed by atoms with van der Waals surface area (Å²) >= 11 is 2.85. The van der Waals surface area contributed by atoms with Crippen molar-refractivity contribution in [1.29, 1.82) is 0 Å². The van der Waals surface area contributed by atoms with E-state index in [1.807, 2.05) is 30.3 Å². The van der Waals surface area contributed by atoms with E-state index in [9.17, 15) is 14.9 Å². The van der Waals surface area contributed by atoms with Crippen molar-refractivity contribution in [3.05, 3.63) is 70.5 Å². The lowest BCUT2D eigenvalue weighted by atomic mass is 10.2. The Kier molecular flexibility index (Phi) is 7.25. The van der Waals surface area contributed by atoms with Crippen molar-refractivity contribution >= 4 is 35.1 Å². The zero-order chi connectivity index (χ0) is 20.6. The van der Waals surface area contributed by atoms with Crippen LogP contribution in [-0.2, 0) is 7.05 Å². The van der Waals surface area contributed by atoms with E-state index in [2.05, 4.69) is 15.5 Å². The van der Waals surface area contributed by atoms with Gasteiger partial charge in [0.25, 0.3) is 11.6 Å². The molecular weight excluding hydrogens is 410 g/mol. The first-order chi connectivity index (χ1) is 14.0. The second kappa shape index (κ2) is 10.1. The zero-order valence-corrected chi connectivity index (χ0v) is 17.3. The topological polar surface area (TPSA) is 103 Å². The van der Waals surface area contributed by atoms with Crippen LogP contribution < -0.4 is 5.32 Å². The van der Waals surface area contributed by atoms with Crippen LogP contribution in [-0.4, -0.2) is 37.9 Å². The monoisotopic (exact) mass is 429 g/mol. The van der Waals surface area contributed by atoms with E-state index in [1.54, 1.807) is 35.5 Å². The minimum Gasteiger partial charge on any atom is -0.352 e. The number of hydrogen-bond donors (Lipinski definition) is 1. The number of carbonyl (C=O) groups is 1. The lowest BCUT2D eigenvalue weighted by Gasteiger charge is -2.07. The third-order valence-electron chi connectivity index (χ3n) is 3.91. The lowest BCUT2D eigenvalue weighted by Crippen LogP contribution is -2.24. The van der Waals surface area contributed by atoms with E-state index < -0.39 is 4.92 Å². The van der Waals surface area contributed by atoms with Crippen molar-refractivity contribution in [1.82, 2.24) is 20.1 Å². The third-order valence-corrected chi connectivity index (χ3v) is 6.12. The summed E-state index contributed by atoms with van der Waals surface area (Å²) < 4.78 is 1.67. The Balaban J connectivity index is 1.56. The minimum absolute atomic E-state index is 0.134. The molecule has 150 valence electrons. The molecule has 0 saturated carbocycles. The van der Waals surface area contributed by atoms with E-state index in [1.165, 1.54) is 17.3 Å². The summed E-state index contributed by atoms with van der Waals surface area (Å²) in [6, 6.07) is 14.5. The number of nitro benzene ring substituents is 1. The highest BCUT2D eigenvalue weighted by Crippen LogP contribution is 2.34. The number of nitro groups is 1. The standard InChI is InChI=1S/C19H19N5O3S2/c1-23-13-21-22-19(23)29-17-9-8-14(12-16(17)24(26)27)18(25)20-10-5-11-28-15-6-3-2-4-7-15/h2-4,6-9,12-13H,5,10-11H2,1H3,(H,20,25). The Morgan fingerprint density at radius 1 is 1.24 bits per heavy atom. The van der Waals surface area contributed by atoms with Gasteiger partial charge in [-0.3, -0.25) is 14.9 Å². The van der Waals surface area contributed by atoms with Gasteiger partial charge in [0.1, 0.15) is 6.33 Å². The lowest BCUT2D eigenvalue weighted by molar-refractivity contribution is -0.387. The normalized spacial score (nSPS) is 10.7. The highest BCUT2D eigenvalue weighted by atomic mass is 32.2. The number of aryl methyl sites for hydroxylation is 1. The molecule has 0 unspecified atom stereocenters. The second-order valence-electron chi connectivity index (χ2n) is 6.04. The van der Waals surface area contributed by atoms with Crippen LogP contribution in [0.2, 0.25) is 0 Å². The quantitative estimate of drug-likeness (QED) is 0.239. The predicted octanol–water partition coefficient (Wildman–Crippen LogP) is 3.79. The van der Waals surface area contributed by atoms with Crippen molar-refractivity contribution in [2.24, 2.45) is 7.05 Å². The van der Waals surface area contributed by atoms with Gasteiger partial charge in [0.2, 0.25) is 0 Å². The third kappa shape index (κ3) is 5.81. The van der Waals surface area contributed by atoms with E-state index in [4.69, 9.17) is 0 Å². The van der Waals surface area contributed by atoms with Crippen LogP contribution in [0.5, 0.6) is 0 Å². The molecule has 0 aliphatic carbocycles. The molecule has 3 aromatic rings. The first kappa shape index (κ1) is 20.9. The molecule has 0 spiro atoms. The molecule has 0 radical (unpaired) electrons. The summed E-state index contributed by atoms with van der Waals surface area (Å²) in [5.41, 5.74) is 0.125. The molecule has 0 aliphatic heterocycles. The largest absolute Gasteiger partial charge is 0.352 e. The smallest absolute Gasteiger partial charge is 0.284 e. The number of carbonyl (C=O) groups excluding carboxylic acids is 1. The molecule has 1 aromatic heterocycles. The van der Waals surface area contributed by atoms with Crippen molar-refractivity contribution in [3.8, 4) is 0 Å². The van der Waals surface area contributed by atoms with Crippen molar-refractivity contribution in [2.45, 2.75) is 21.4 Å². The highest BCUT2D eigenvalue weighted by molar-refractivity contribution is 7.99. The summed E-state index contributed by atoms with van der Waals surface area (Å²) in [5, 5.41) is 22.5. The summed E-state index contributed by atoms with van der Waals surface area (Å²) in [6.45, 7) is 0.502. The Hall–Kier alpha value is -2.85. The van der Waals surface area contributed by atoms with Gasteiger partial charge in [-0.1, -0.05) is 18.2 Å². The first-order valence-electron chi connectivity index (χ1n) is 8.81. The molecule has 8 nitrogen and oxygen atoms in total. The summed E-state index contributed by atoms with van der Waals surface area (Å²) in [4.78, 5) is 24.9. The summed E-state index contributed by atoms with van der Waals surface area (Å²) in [7, 11) is 1.76. The molecular formula is C19H19N5O3S2. The molecule has 3 rings (SSSR count). The van der Waals surface area contributed by atoms with Crippen LogP contribution >= 0.6 is 23.5 Å². The van der Waals surface area contributed by atoms with Crippen LogP contribution in [0, 0.1) is 10.1 Å². The molecule has 29 heavy (non-hydrogen) atoms. The van der Waals surface area contributed by atoms with Gasteiger partial charge in [0.05, 0.1) is 9.82 Å². The molecule has 1 amide bonds. The molecule has 0 bridgehead atoms.